The average Bonchev–Trinajstić information content (AvgIpc) is 3.66. The minimum absolute atomic E-state index is 0. The molecule has 42 heavy (non-hydrogen) atoms. The number of nitrogens with zero attached hydrogens (tertiary/aromatic N) is 5. The van der Waals surface area contributed by atoms with Gasteiger partial charge in [-0.1, -0.05) is 48.0 Å². The third-order valence-electron chi connectivity index (χ3n) is 7.00. The van der Waals surface area contributed by atoms with Gasteiger partial charge >= 0.3 is 0 Å². The molecule has 212 valence electrons. The molecule has 6 aromatic rings. The third-order valence-corrected chi connectivity index (χ3v) is 8.64. The Hall–Kier alpha value is -2.80. The van der Waals surface area contributed by atoms with Gasteiger partial charge in [0, 0.05) is 42.4 Å². The van der Waals surface area contributed by atoms with Crippen molar-refractivity contribution in [3.05, 3.63) is 121 Å². The molecule has 0 radical (unpaired) electrons. The van der Waals surface area contributed by atoms with Gasteiger partial charge in [0.1, 0.15) is 23.6 Å². The van der Waals surface area contributed by atoms with Crippen LogP contribution in [0.3, 0.4) is 0 Å². The molecular formula is C32H26Cl2I2N6. The van der Waals surface area contributed by atoms with Crippen LogP contribution >= 0.6 is 69.2 Å². The highest BCUT2D eigenvalue weighted by molar-refractivity contribution is 14.1. The fraction of sp³-hybridized carbons (Fsp3) is 0.125. The molecule has 0 bridgehead atoms. The standard InChI is InChI=1S/C16H12IN3.C8H4ClIN2.C8H9N.ClH/c17-12-5-6-14-13(9-12)16(19-10-18-14)20-8-7-11-3-1-2-4-15(11)20;9-8-6-3-5(10)1-2-7(6)11-4-12-8;1-2-4-8-7(3-1)5-6-9-8;/h1-6,9-10H,7-8H2;1-4H;1-4,9H,5-6H2;1H. The van der Waals surface area contributed by atoms with Crippen LogP contribution in [-0.4, -0.2) is 33.0 Å². The number of anilines is 3. The average molecular weight is 819 g/mol. The molecule has 2 aromatic heterocycles. The van der Waals surface area contributed by atoms with Gasteiger partial charge < -0.3 is 10.2 Å². The van der Waals surface area contributed by atoms with Crippen molar-refractivity contribution in [1.82, 2.24) is 19.9 Å². The van der Waals surface area contributed by atoms with E-state index in [1.54, 1.807) is 6.33 Å². The maximum absolute atomic E-state index is 5.87. The Labute approximate surface area is 283 Å². The molecule has 0 atom stereocenters. The quantitative estimate of drug-likeness (QED) is 0.132. The van der Waals surface area contributed by atoms with Gasteiger partial charge in [-0.05, 0) is 118 Å². The third kappa shape index (κ3) is 6.88. The Morgan fingerprint density at radius 1 is 0.690 bits per heavy atom. The molecule has 2 aliphatic rings. The highest BCUT2D eigenvalue weighted by Crippen LogP contribution is 2.36. The fourth-order valence-corrected chi connectivity index (χ4v) is 6.21. The van der Waals surface area contributed by atoms with Crippen LogP contribution in [0.4, 0.5) is 17.2 Å². The summed E-state index contributed by atoms with van der Waals surface area (Å²) in [6.07, 6.45) is 5.39. The zero-order valence-electron chi connectivity index (χ0n) is 22.3. The minimum Gasteiger partial charge on any atom is -0.384 e. The predicted octanol–water partition coefficient (Wildman–Crippen LogP) is 8.89. The number of hydrogen-bond acceptors (Lipinski definition) is 6. The lowest BCUT2D eigenvalue weighted by atomic mass is 10.2. The second-order valence-electron chi connectivity index (χ2n) is 9.55. The number of fused-ring (bicyclic) bond motifs is 4. The number of nitrogens with one attached hydrogen (secondary N) is 1. The summed E-state index contributed by atoms with van der Waals surface area (Å²) >= 11 is 10.4. The Morgan fingerprint density at radius 2 is 1.33 bits per heavy atom. The molecule has 2 aliphatic heterocycles. The van der Waals surface area contributed by atoms with E-state index >= 15 is 0 Å². The normalized spacial score (nSPS) is 12.7. The molecule has 0 unspecified atom stereocenters. The van der Waals surface area contributed by atoms with Gasteiger partial charge in [-0.3, -0.25) is 0 Å². The number of aromatic nitrogens is 4. The van der Waals surface area contributed by atoms with Crippen LogP contribution in [0.25, 0.3) is 21.8 Å². The lowest BCUT2D eigenvalue weighted by molar-refractivity contribution is 0.974. The Morgan fingerprint density at radius 3 is 2.10 bits per heavy atom. The zero-order valence-corrected chi connectivity index (χ0v) is 28.2. The maximum atomic E-state index is 5.87. The van der Waals surface area contributed by atoms with Crippen molar-refractivity contribution >= 4 is 108 Å². The molecule has 1 N–H and O–H groups in total. The van der Waals surface area contributed by atoms with E-state index in [1.807, 2.05) is 18.2 Å². The predicted molar refractivity (Wildman–Crippen MR) is 193 cm³/mol. The number of benzene rings is 4. The molecular weight excluding hydrogens is 793 g/mol. The maximum Gasteiger partial charge on any atom is 0.144 e. The Balaban J connectivity index is 0.000000137. The van der Waals surface area contributed by atoms with Crippen molar-refractivity contribution in [3.63, 3.8) is 0 Å². The smallest absolute Gasteiger partial charge is 0.144 e. The van der Waals surface area contributed by atoms with Gasteiger partial charge in [0.25, 0.3) is 0 Å². The lowest BCUT2D eigenvalue weighted by Crippen LogP contribution is -2.15. The monoisotopic (exact) mass is 818 g/mol. The topological polar surface area (TPSA) is 66.8 Å². The van der Waals surface area contributed by atoms with Gasteiger partial charge in [-0.15, -0.1) is 12.4 Å². The van der Waals surface area contributed by atoms with E-state index in [9.17, 15) is 0 Å². The van der Waals surface area contributed by atoms with Crippen molar-refractivity contribution in [2.24, 2.45) is 0 Å². The second kappa shape index (κ2) is 14.1. The van der Waals surface area contributed by atoms with Crippen LogP contribution in [0.2, 0.25) is 5.15 Å². The van der Waals surface area contributed by atoms with E-state index in [1.165, 1.54) is 38.8 Å². The first-order chi connectivity index (χ1) is 20.1. The van der Waals surface area contributed by atoms with E-state index in [0.717, 1.165) is 50.7 Å². The largest absolute Gasteiger partial charge is 0.384 e. The molecule has 0 aliphatic carbocycles. The summed E-state index contributed by atoms with van der Waals surface area (Å²) in [6.45, 7) is 2.09. The number of hydrogen-bond donors (Lipinski definition) is 1. The van der Waals surface area contributed by atoms with Gasteiger partial charge in [0.05, 0.1) is 11.0 Å². The zero-order chi connectivity index (χ0) is 28.2. The second-order valence-corrected chi connectivity index (χ2v) is 12.4. The molecule has 4 heterocycles. The minimum atomic E-state index is 0. The van der Waals surface area contributed by atoms with Gasteiger partial charge in [0.15, 0.2) is 0 Å². The van der Waals surface area contributed by atoms with Crippen molar-refractivity contribution < 1.29 is 0 Å². The van der Waals surface area contributed by atoms with Crippen LogP contribution in [0.15, 0.2) is 97.6 Å². The first kappa shape index (κ1) is 30.7. The summed E-state index contributed by atoms with van der Waals surface area (Å²) in [4.78, 5) is 19.2. The first-order valence-electron chi connectivity index (χ1n) is 13.2. The number of rotatable bonds is 1. The molecule has 8 rings (SSSR count). The molecule has 0 saturated carbocycles. The van der Waals surface area contributed by atoms with E-state index in [-0.39, 0.29) is 12.4 Å². The summed E-state index contributed by atoms with van der Waals surface area (Å²) < 4.78 is 2.34. The highest BCUT2D eigenvalue weighted by atomic mass is 127. The van der Waals surface area contributed by atoms with Gasteiger partial charge in [0.2, 0.25) is 0 Å². The Kier molecular flexibility index (Phi) is 10.3. The van der Waals surface area contributed by atoms with E-state index < -0.39 is 0 Å². The SMILES string of the molecule is Cl.Clc1ncnc2ccc(I)cc12.Ic1ccc2ncnc(N3CCc4ccccc43)c2c1.c1ccc2c(c1)CCN2. The van der Waals surface area contributed by atoms with E-state index in [4.69, 9.17) is 11.6 Å². The molecule has 0 fully saturated rings. The molecule has 4 aromatic carbocycles. The first-order valence-corrected chi connectivity index (χ1v) is 15.7. The van der Waals surface area contributed by atoms with Crippen molar-refractivity contribution in [2.75, 3.05) is 23.3 Å². The summed E-state index contributed by atoms with van der Waals surface area (Å²) in [5.41, 5.74) is 7.32. The van der Waals surface area contributed by atoms with Crippen LogP contribution in [0.1, 0.15) is 11.1 Å². The summed E-state index contributed by atoms with van der Waals surface area (Å²) in [5, 5.41) is 5.84. The van der Waals surface area contributed by atoms with Crippen molar-refractivity contribution in [3.8, 4) is 0 Å². The van der Waals surface area contributed by atoms with Crippen LogP contribution in [0.5, 0.6) is 0 Å². The highest BCUT2D eigenvalue weighted by Gasteiger charge is 2.22. The van der Waals surface area contributed by atoms with Crippen molar-refractivity contribution in [1.29, 1.82) is 0 Å². The molecule has 0 saturated heterocycles. The van der Waals surface area contributed by atoms with Gasteiger partial charge in [-0.25, -0.2) is 19.9 Å². The summed E-state index contributed by atoms with van der Waals surface area (Å²) in [5.74, 6) is 1.01. The lowest BCUT2D eigenvalue weighted by Gasteiger charge is -2.19. The number of para-hydroxylation sites is 2. The molecule has 0 amide bonds. The number of halogens is 4. The summed E-state index contributed by atoms with van der Waals surface area (Å²) in [7, 11) is 0. The molecule has 6 nitrogen and oxygen atoms in total. The van der Waals surface area contributed by atoms with Gasteiger partial charge in [-0.2, -0.15) is 0 Å². The fourth-order valence-electron chi connectivity index (χ4n) is 5.03. The van der Waals surface area contributed by atoms with E-state index in [2.05, 4.69) is 142 Å². The van der Waals surface area contributed by atoms with Crippen LogP contribution in [0, 0.1) is 7.14 Å². The molecule has 0 spiro atoms. The summed E-state index contributed by atoms with van der Waals surface area (Å²) in [6, 6.07) is 29.2. The van der Waals surface area contributed by atoms with E-state index in [0.29, 0.717) is 5.15 Å². The Bertz CT molecular complexity index is 1830. The van der Waals surface area contributed by atoms with Crippen LogP contribution < -0.4 is 10.2 Å². The molecule has 10 heteroatoms. The van der Waals surface area contributed by atoms with Crippen molar-refractivity contribution in [2.45, 2.75) is 12.8 Å². The van der Waals surface area contributed by atoms with Crippen LogP contribution in [-0.2, 0) is 12.8 Å².